The summed E-state index contributed by atoms with van der Waals surface area (Å²) in [5.41, 5.74) is 3.19. The lowest BCUT2D eigenvalue weighted by molar-refractivity contribution is -0.123. The number of aryl methyl sites for hydroxylation is 1. The van der Waals surface area contributed by atoms with E-state index in [1.165, 1.54) is 13.3 Å². The molecule has 0 aromatic heterocycles. The number of fused-ring (bicyclic) bond motifs is 5. The number of allylic oxidation sites excluding steroid dienone is 2. The summed E-state index contributed by atoms with van der Waals surface area (Å²) in [6.07, 6.45) is 8.06. The molecule has 0 unspecified atom stereocenters. The van der Waals surface area contributed by atoms with Crippen LogP contribution >= 0.6 is 0 Å². The van der Waals surface area contributed by atoms with Crippen molar-refractivity contribution in [3.8, 4) is 28.4 Å². The minimum atomic E-state index is -0.596. The summed E-state index contributed by atoms with van der Waals surface area (Å²) >= 11 is 0. The maximum absolute atomic E-state index is 13.8. The number of amides is 2. The van der Waals surface area contributed by atoms with Crippen molar-refractivity contribution in [2.45, 2.75) is 58.5 Å². The van der Waals surface area contributed by atoms with Gasteiger partial charge in [-0.3, -0.25) is 14.4 Å². The third kappa shape index (κ3) is 6.08. The molecule has 2 bridgehead atoms. The van der Waals surface area contributed by atoms with Crippen LogP contribution in [0.1, 0.15) is 57.2 Å². The van der Waals surface area contributed by atoms with E-state index < -0.39 is 12.1 Å². The molecule has 43 heavy (non-hydrogen) atoms. The van der Waals surface area contributed by atoms with Gasteiger partial charge in [-0.15, -0.1) is 0 Å². The van der Waals surface area contributed by atoms with Gasteiger partial charge in [-0.2, -0.15) is 0 Å². The Balaban J connectivity index is 1.53. The summed E-state index contributed by atoms with van der Waals surface area (Å²) in [5.74, 6) is 2.75. The van der Waals surface area contributed by atoms with Gasteiger partial charge in [-0.25, -0.2) is 0 Å². The molecule has 0 heterocycles. The SMILES string of the molecule is COc1cc2c(c(OC)c1OC)-c1ccc(N[C@H](C(=O)NC[C@@H]3C[C@@H]4C=C[C@@H]3C4)C(C)C)c(=O)cc1[C@@H](NC(C)=O)CC2. The van der Waals surface area contributed by atoms with E-state index in [1.54, 1.807) is 33.5 Å². The first kappa shape index (κ1) is 30.4. The average Bonchev–Trinajstić information content (AvgIpc) is 3.53. The van der Waals surface area contributed by atoms with Crippen LogP contribution in [0.25, 0.3) is 11.1 Å². The Hall–Kier alpha value is -4.01. The van der Waals surface area contributed by atoms with Crippen molar-refractivity contribution >= 4 is 17.5 Å². The Morgan fingerprint density at radius 2 is 1.77 bits per heavy atom. The van der Waals surface area contributed by atoms with Gasteiger partial charge in [0, 0.05) is 19.0 Å². The van der Waals surface area contributed by atoms with E-state index >= 15 is 0 Å². The van der Waals surface area contributed by atoms with Gasteiger partial charge in [0.25, 0.3) is 0 Å². The molecule has 0 saturated heterocycles. The number of rotatable bonds is 10. The number of hydrogen-bond acceptors (Lipinski definition) is 7. The fourth-order valence-corrected chi connectivity index (χ4v) is 7.00. The first-order chi connectivity index (χ1) is 20.6. The summed E-state index contributed by atoms with van der Waals surface area (Å²) in [6, 6.07) is 6.08. The van der Waals surface area contributed by atoms with E-state index in [1.807, 2.05) is 26.0 Å². The Morgan fingerprint density at radius 3 is 2.37 bits per heavy atom. The molecular weight excluding hydrogens is 546 g/mol. The number of nitrogens with one attached hydrogen (secondary N) is 3. The van der Waals surface area contributed by atoms with Crippen molar-refractivity contribution in [3.05, 3.63) is 57.8 Å². The number of carbonyl (C=O) groups excluding carboxylic acids is 2. The van der Waals surface area contributed by atoms with Crippen LogP contribution in [-0.2, 0) is 16.0 Å². The molecule has 3 aliphatic rings. The zero-order valence-electron chi connectivity index (χ0n) is 25.9. The van der Waals surface area contributed by atoms with Crippen molar-refractivity contribution < 1.29 is 23.8 Å². The molecule has 1 fully saturated rings. The van der Waals surface area contributed by atoms with Gasteiger partial charge in [0.1, 0.15) is 6.04 Å². The summed E-state index contributed by atoms with van der Waals surface area (Å²) in [7, 11) is 4.70. The third-order valence-electron chi connectivity index (χ3n) is 9.13. The van der Waals surface area contributed by atoms with Crippen molar-refractivity contribution in [3.63, 3.8) is 0 Å². The second-order valence-corrected chi connectivity index (χ2v) is 12.2. The third-order valence-corrected chi connectivity index (χ3v) is 9.13. The lowest BCUT2D eigenvalue weighted by Crippen LogP contribution is -2.45. The first-order valence-electron chi connectivity index (χ1n) is 15.1. The smallest absolute Gasteiger partial charge is 0.242 e. The number of hydrogen-bond donors (Lipinski definition) is 3. The van der Waals surface area contributed by atoms with Crippen molar-refractivity contribution in [2.24, 2.45) is 23.7 Å². The minimum Gasteiger partial charge on any atom is -0.493 e. The highest BCUT2D eigenvalue weighted by Crippen LogP contribution is 2.50. The topological polar surface area (TPSA) is 115 Å². The number of methoxy groups -OCH3 is 3. The van der Waals surface area contributed by atoms with Gasteiger partial charge in [0.2, 0.25) is 23.0 Å². The molecule has 0 aliphatic heterocycles. The number of benzene rings is 1. The van der Waals surface area contributed by atoms with E-state index in [2.05, 4.69) is 28.1 Å². The molecular formula is C34H43N3O6. The molecule has 2 amide bonds. The van der Waals surface area contributed by atoms with E-state index in [0.29, 0.717) is 65.6 Å². The average molecular weight is 590 g/mol. The Morgan fingerprint density at radius 1 is 1.00 bits per heavy atom. The molecule has 230 valence electrons. The monoisotopic (exact) mass is 589 g/mol. The highest BCUT2D eigenvalue weighted by Gasteiger charge is 2.36. The largest absolute Gasteiger partial charge is 0.493 e. The van der Waals surface area contributed by atoms with Crippen LogP contribution in [0.2, 0.25) is 0 Å². The van der Waals surface area contributed by atoms with Crippen molar-refractivity contribution in [1.29, 1.82) is 0 Å². The summed E-state index contributed by atoms with van der Waals surface area (Å²) in [5, 5.41) is 9.45. The molecule has 5 atom stereocenters. The van der Waals surface area contributed by atoms with Gasteiger partial charge in [-0.1, -0.05) is 32.1 Å². The van der Waals surface area contributed by atoms with Crippen LogP contribution in [0.3, 0.4) is 0 Å². The number of carbonyl (C=O) groups is 2. The van der Waals surface area contributed by atoms with Crippen molar-refractivity contribution in [1.82, 2.24) is 10.6 Å². The highest BCUT2D eigenvalue weighted by molar-refractivity contribution is 5.86. The predicted molar refractivity (Wildman–Crippen MR) is 167 cm³/mol. The van der Waals surface area contributed by atoms with E-state index in [9.17, 15) is 14.4 Å². The molecule has 2 aromatic rings. The van der Waals surface area contributed by atoms with E-state index in [4.69, 9.17) is 14.2 Å². The van der Waals surface area contributed by atoms with Gasteiger partial charge in [0.15, 0.2) is 11.5 Å². The standard InChI is InChI=1S/C34H43N3O6/c1-18(2)31(34(40)35-17-23-14-20-7-8-21(23)13-20)37-27-12-10-24-25(16-28(27)39)26(36-19(3)38)11-9-22-15-29(41-4)32(42-5)33(43-6)30(22)24/h7-8,10,12,15-16,18,20-21,23,26,31H,9,11,13-14,17H2,1-6H3,(H,35,40)(H,36,38)(H,37,39)/t20-,21-,23+,26+,31+/m1/s1. The van der Waals surface area contributed by atoms with Crippen molar-refractivity contribution in [2.75, 3.05) is 33.2 Å². The lowest BCUT2D eigenvalue weighted by Gasteiger charge is -2.24. The van der Waals surface area contributed by atoms with Crippen LogP contribution in [0.5, 0.6) is 17.2 Å². The van der Waals surface area contributed by atoms with Crippen LogP contribution < -0.4 is 35.6 Å². The molecule has 3 aliphatic carbocycles. The number of ether oxygens (including phenoxy) is 3. The first-order valence-corrected chi connectivity index (χ1v) is 15.1. The predicted octanol–water partition coefficient (Wildman–Crippen LogP) is 4.63. The summed E-state index contributed by atoms with van der Waals surface area (Å²) in [6.45, 7) is 6.04. The summed E-state index contributed by atoms with van der Waals surface area (Å²) in [4.78, 5) is 39.4. The minimum absolute atomic E-state index is 0.0627. The Labute approximate surface area is 253 Å². The lowest BCUT2D eigenvalue weighted by atomic mass is 9.93. The summed E-state index contributed by atoms with van der Waals surface area (Å²) < 4.78 is 17.2. The molecule has 0 radical (unpaired) electrons. The zero-order valence-corrected chi connectivity index (χ0v) is 25.9. The van der Waals surface area contributed by atoms with Gasteiger partial charge >= 0.3 is 0 Å². The van der Waals surface area contributed by atoms with Crippen LogP contribution in [0.4, 0.5) is 5.69 Å². The van der Waals surface area contributed by atoms with Gasteiger partial charge < -0.3 is 30.2 Å². The fourth-order valence-electron chi connectivity index (χ4n) is 7.00. The Bertz CT molecular complexity index is 1490. The quantitative estimate of drug-likeness (QED) is 0.346. The van der Waals surface area contributed by atoms with Crippen LogP contribution in [0.15, 0.2) is 41.2 Å². The molecule has 9 nitrogen and oxygen atoms in total. The molecule has 2 aromatic carbocycles. The normalized spacial score (nSPS) is 22.2. The molecule has 9 heteroatoms. The molecule has 0 spiro atoms. The van der Waals surface area contributed by atoms with Gasteiger partial charge in [-0.05, 0) is 84.2 Å². The maximum atomic E-state index is 13.8. The number of anilines is 1. The maximum Gasteiger partial charge on any atom is 0.242 e. The second-order valence-electron chi connectivity index (χ2n) is 12.2. The Kier molecular flexibility index (Phi) is 8.99. The van der Waals surface area contributed by atoms with E-state index in [0.717, 1.165) is 23.1 Å². The second kappa shape index (κ2) is 12.7. The van der Waals surface area contributed by atoms with Crippen LogP contribution in [0, 0.1) is 23.7 Å². The van der Waals surface area contributed by atoms with E-state index in [-0.39, 0.29) is 23.2 Å². The molecule has 1 saturated carbocycles. The zero-order chi connectivity index (χ0) is 30.8. The van der Waals surface area contributed by atoms with Crippen LogP contribution in [-0.4, -0.2) is 45.7 Å². The van der Waals surface area contributed by atoms with Gasteiger partial charge in [0.05, 0.1) is 33.1 Å². The highest BCUT2D eigenvalue weighted by atomic mass is 16.5. The molecule has 3 N–H and O–H groups in total. The fraction of sp³-hybridized carbons (Fsp3) is 0.500. The molecule has 5 rings (SSSR count).